The van der Waals surface area contributed by atoms with Gasteiger partial charge in [0.2, 0.25) is 0 Å². The van der Waals surface area contributed by atoms with Crippen LogP contribution in [0.3, 0.4) is 0 Å². The van der Waals surface area contributed by atoms with Crippen LogP contribution in [0.15, 0.2) is 66.7 Å². The summed E-state index contributed by atoms with van der Waals surface area (Å²) in [4.78, 5) is 0. The van der Waals surface area contributed by atoms with Crippen molar-refractivity contribution in [3.63, 3.8) is 0 Å². The normalized spacial score (nSPS) is 12.0. The maximum absolute atomic E-state index is 10.3. The lowest BCUT2D eigenvalue weighted by Gasteiger charge is -2.14. The molecule has 0 aliphatic heterocycles. The number of ether oxygens (including phenoxy) is 3. The van der Waals surface area contributed by atoms with E-state index in [1.807, 2.05) is 24.3 Å². The molecule has 206 valence electrons. The molecule has 0 saturated carbocycles. The van der Waals surface area contributed by atoms with E-state index in [0.29, 0.717) is 37.5 Å². The molecule has 0 aliphatic carbocycles. The van der Waals surface area contributed by atoms with Gasteiger partial charge in [0.15, 0.2) is 0 Å². The van der Waals surface area contributed by atoms with Crippen molar-refractivity contribution in [1.29, 1.82) is 0 Å². The molecular weight excluding hydrogens is 482 g/mol. The van der Waals surface area contributed by atoms with Crippen molar-refractivity contribution in [2.75, 3.05) is 40.0 Å². The molecule has 0 unspecified atom stereocenters. The number of aromatic hydroxyl groups is 1. The number of nitrogens with one attached hydrogen (secondary N) is 1. The molecule has 4 N–H and O–H groups in total. The lowest BCUT2D eigenvalue weighted by Crippen LogP contribution is -2.22. The van der Waals surface area contributed by atoms with Crippen LogP contribution in [0.5, 0.6) is 11.5 Å². The molecule has 38 heavy (non-hydrogen) atoms. The molecular formula is C31H41NO6. The highest BCUT2D eigenvalue weighted by Crippen LogP contribution is 2.26. The third kappa shape index (κ3) is 9.74. The number of methoxy groups -OCH3 is 1. The van der Waals surface area contributed by atoms with E-state index in [4.69, 9.17) is 14.2 Å². The van der Waals surface area contributed by atoms with Gasteiger partial charge in [-0.25, -0.2) is 0 Å². The summed E-state index contributed by atoms with van der Waals surface area (Å²) in [6, 6.07) is 21.1. The third-order valence-electron chi connectivity index (χ3n) is 6.44. The molecule has 0 heterocycles. The summed E-state index contributed by atoms with van der Waals surface area (Å²) < 4.78 is 16.8. The van der Waals surface area contributed by atoms with Crippen LogP contribution in [0, 0.1) is 0 Å². The average Bonchev–Trinajstić information content (AvgIpc) is 2.96. The largest absolute Gasteiger partial charge is 0.508 e. The van der Waals surface area contributed by atoms with Crippen LogP contribution in [0.4, 0.5) is 0 Å². The number of benzene rings is 3. The Bertz CT molecular complexity index is 1070. The highest BCUT2D eigenvalue weighted by molar-refractivity contribution is 5.67. The van der Waals surface area contributed by atoms with Crippen LogP contribution in [0.1, 0.15) is 48.5 Å². The van der Waals surface area contributed by atoms with Crippen LogP contribution in [0.2, 0.25) is 0 Å². The summed E-state index contributed by atoms with van der Waals surface area (Å²) in [5, 5.41) is 32.4. The Morgan fingerprint density at radius 1 is 0.816 bits per heavy atom. The molecule has 3 rings (SSSR count). The lowest BCUT2D eigenvalue weighted by molar-refractivity contribution is 0.0394. The predicted octanol–water partition coefficient (Wildman–Crippen LogP) is 4.98. The quantitative estimate of drug-likeness (QED) is 0.175. The first-order chi connectivity index (χ1) is 18.6. The van der Waals surface area contributed by atoms with Gasteiger partial charge in [0.05, 0.1) is 39.6 Å². The maximum Gasteiger partial charge on any atom is 0.121 e. The molecule has 7 nitrogen and oxygen atoms in total. The van der Waals surface area contributed by atoms with E-state index in [0.717, 1.165) is 61.3 Å². The van der Waals surface area contributed by atoms with Crippen LogP contribution in [0.25, 0.3) is 11.1 Å². The summed E-state index contributed by atoms with van der Waals surface area (Å²) in [5.74, 6) is 0.885. The summed E-state index contributed by atoms with van der Waals surface area (Å²) in [5.41, 5.74) is 4.56. The molecule has 0 spiro atoms. The number of aliphatic hydroxyl groups is 2. The Morgan fingerprint density at radius 3 is 2.37 bits per heavy atom. The number of unbranched alkanes of at least 4 members (excludes halogenated alkanes) is 3. The maximum atomic E-state index is 10.3. The fraction of sp³-hybridized carbons (Fsp3) is 0.419. The second-order valence-corrected chi connectivity index (χ2v) is 9.23. The van der Waals surface area contributed by atoms with Crippen molar-refractivity contribution >= 4 is 0 Å². The van der Waals surface area contributed by atoms with Crippen molar-refractivity contribution in [3.8, 4) is 22.6 Å². The van der Waals surface area contributed by atoms with Gasteiger partial charge in [-0.15, -0.1) is 0 Å². The number of rotatable bonds is 18. The number of hydrogen-bond donors (Lipinski definition) is 4. The van der Waals surface area contributed by atoms with Crippen LogP contribution < -0.4 is 10.1 Å². The third-order valence-corrected chi connectivity index (χ3v) is 6.44. The molecule has 7 heteroatoms. The number of aliphatic hydroxyl groups excluding tert-OH is 2. The molecule has 0 aliphatic rings. The fourth-order valence-electron chi connectivity index (χ4n) is 4.20. The van der Waals surface area contributed by atoms with Crippen molar-refractivity contribution in [3.05, 3.63) is 83.4 Å². The summed E-state index contributed by atoms with van der Waals surface area (Å²) >= 11 is 0. The van der Waals surface area contributed by atoms with Crippen LogP contribution in [-0.2, 0) is 22.7 Å². The van der Waals surface area contributed by atoms with Crippen LogP contribution >= 0.6 is 0 Å². The van der Waals surface area contributed by atoms with Crippen molar-refractivity contribution in [2.45, 2.75) is 45.0 Å². The zero-order chi connectivity index (χ0) is 27.0. The van der Waals surface area contributed by atoms with E-state index in [2.05, 4.69) is 29.6 Å². The predicted molar refractivity (Wildman–Crippen MR) is 149 cm³/mol. The first kappa shape index (κ1) is 29.6. The van der Waals surface area contributed by atoms with Crippen molar-refractivity contribution < 1.29 is 29.5 Å². The summed E-state index contributed by atoms with van der Waals surface area (Å²) in [6.07, 6.45) is 3.56. The number of phenols is 1. The average molecular weight is 524 g/mol. The van der Waals surface area contributed by atoms with Gasteiger partial charge in [-0.1, -0.05) is 55.3 Å². The summed E-state index contributed by atoms with van der Waals surface area (Å²) in [6.45, 7) is 3.42. The fourth-order valence-corrected chi connectivity index (χ4v) is 4.20. The van der Waals surface area contributed by atoms with E-state index >= 15 is 0 Å². The topological polar surface area (TPSA) is 100 Å². The second kappa shape index (κ2) is 16.8. The molecule has 0 fully saturated rings. The Hall–Kier alpha value is -2.94. The van der Waals surface area contributed by atoms with Gasteiger partial charge in [-0.05, 0) is 65.9 Å². The van der Waals surface area contributed by atoms with Gasteiger partial charge in [-0.2, -0.15) is 0 Å². The second-order valence-electron chi connectivity index (χ2n) is 9.23. The molecule has 3 aromatic rings. The van der Waals surface area contributed by atoms with Gasteiger partial charge in [-0.3, -0.25) is 0 Å². The Morgan fingerprint density at radius 2 is 1.58 bits per heavy atom. The van der Waals surface area contributed by atoms with Gasteiger partial charge < -0.3 is 34.8 Å². The Labute approximate surface area is 226 Å². The minimum Gasteiger partial charge on any atom is -0.508 e. The SMILES string of the molecule is COc1ccc(-c2ccccc2COCCOCCCCCCNC[C@H](O)c2ccc(O)c(CO)c2)cc1. The highest BCUT2D eigenvalue weighted by atomic mass is 16.5. The highest BCUT2D eigenvalue weighted by Gasteiger charge is 2.10. The zero-order valence-corrected chi connectivity index (χ0v) is 22.3. The van der Waals surface area contributed by atoms with Gasteiger partial charge in [0.1, 0.15) is 11.5 Å². The molecule has 0 amide bonds. The Balaban J connectivity index is 1.19. The lowest BCUT2D eigenvalue weighted by atomic mass is 10.00. The van der Waals surface area contributed by atoms with E-state index < -0.39 is 6.10 Å². The standard InChI is InChI=1S/C31H41NO6/c1-36-28-13-10-24(11-14-28)29-9-5-4-8-26(29)23-38-19-18-37-17-7-3-2-6-16-32-21-31(35)25-12-15-30(34)27(20-25)22-33/h4-5,8-15,20,31-35H,2-3,6-7,16-19,21-23H2,1H3/t31-/m0/s1. The molecule has 1 atom stereocenters. The van der Waals surface area contributed by atoms with Crippen molar-refractivity contribution in [1.82, 2.24) is 5.32 Å². The Kier molecular flexibility index (Phi) is 13.1. The van der Waals surface area contributed by atoms with E-state index in [1.165, 1.54) is 6.07 Å². The first-order valence-corrected chi connectivity index (χ1v) is 13.3. The first-order valence-electron chi connectivity index (χ1n) is 13.3. The van der Waals surface area contributed by atoms with Crippen LogP contribution in [-0.4, -0.2) is 55.3 Å². The smallest absolute Gasteiger partial charge is 0.121 e. The molecule has 0 bridgehead atoms. The molecule has 3 aromatic carbocycles. The van der Waals surface area contributed by atoms with Crippen molar-refractivity contribution in [2.24, 2.45) is 0 Å². The van der Waals surface area contributed by atoms with Gasteiger partial charge in [0, 0.05) is 18.7 Å². The van der Waals surface area contributed by atoms with E-state index in [1.54, 1.807) is 19.2 Å². The molecule has 0 aromatic heterocycles. The number of hydrogen-bond acceptors (Lipinski definition) is 7. The van der Waals surface area contributed by atoms with E-state index in [9.17, 15) is 15.3 Å². The molecule has 0 radical (unpaired) electrons. The minimum atomic E-state index is -0.674. The summed E-state index contributed by atoms with van der Waals surface area (Å²) in [7, 11) is 1.67. The zero-order valence-electron chi connectivity index (χ0n) is 22.3. The monoisotopic (exact) mass is 523 g/mol. The minimum absolute atomic E-state index is 0.0412. The van der Waals surface area contributed by atoms with E-state index in [-0.39, 0.29) is 12.4 Å². The molecule has 0 saturated heterocycles. The van der Waals surface area contributed by atoms with Gasteiger partial charge >= 0.3 is 0 Å². The van der Waals surface area contributed by atoms with Gasteiger partial charge in [0.25, 0.3) is 0 Å².